The number of aromatic nitrogens is 3. The predicted molar refractivity (Wildman–Crippen MR) is 113 cm³/mol. The summed E-state index contributed by atoms with van der Waals surface area (Å²) in [7, 11) is 0. The molecule has 5 heteroatoms. The van der Waals surface area contributed by atoms with E-state index in [0.717, 1.165) is 24.8 Å². The first-order valence-corrected chi connectivity index (χ1v) is 10.0. The molecule has 144 valence electrons. The minimum Gasteiger partial charge on any atom is -0.355 e. The Morgan fingerprint density at radius 1 is 1.00 bits per heavy atom. The Morgan fingerprint density at radius 2 is 1.79 bits per heavy atom. The maximum absolute atomic E-state index is 4.68. The van der Waals surface area contributed by atoms with E-state index in [9.17, 15) is 0 Å². The molecule has 0 saturated carbocycles. The van der Waals surface area contributed by atoms with Crippen LogP contribution in [0.4, 0.5) is 11.8 Å². The lowest BCUT2D eigenvalue weighted by Crippen LogP contribution is -2.35. The molecule has 1 aliphatic heterocycles. The summed E-state index contributed by atoms with van der Waals surface area (Å²) in [6.07, 6.45) is 5.31. The van der Waals surface area contributed by atoms with E-state index < -0.39 is 0 Å². The van der Waals surface area contributed by atoms with Gasteiger partial charge in [-0.25, -0.2) is 0 Å². The molecule has 4 rings (SSSR count). The maximum atomic E-state index is 4.68. The molecule has 1 saturated heterocycles. The second-order valence-corrected chi connectivity index (χ2v) is 7.60. The van der Waals surface area contributed by atoms with Crippen LogP contribution in [0.5, 0.6) is 0 Å². The molecular weight excluding hydrogens is 346 g/mol. The Labute approximate surface area is 166 Å². The lowest BCUT2D eigenvalue weighted by molar-refractivity contribution is 0.402. The van der Waals surface area contributed by atoms with E-state index in [2.05, 4.69) is 86.9 Å². The fourth-order valence-electron chi connectivity index (χ4n) is 3.84. The Bertz CT molecular complexity index is 888. The van der Waals surface area contributed by atoms with Gasteiger partial charge in [-0.2, -0.15) is 10.1 Å². The van der Waals surface area contributed by atoms with Crippen molar-refractivity contribution in [2.24, 2.45) is 5.92 Å². The molecule has 5 nitrogen and oxygen atoms in total. The number of nitrogens with one attached hydrogen (secondary N) is 1. The normalized spacial score (nSPS) is 14.8. The van der Waals surface area contributed by atoms with Gasteiger partial charge in [-0.15, -0.1) is 5.10 Å². The standard InChI is InChI=1S/C23H27N5/c1-18-6-5-9-21(14-18)16-24-23-26-22(17-25-27-23)28-12-10-20(11-13-28)15-19-7-3-2-4-8-19/h2-9,14,17,20H,10-13,15-16H2,1H3,(H,24,26,27). The molecular formula is C23H27N5. The number of rotatable bonds is 6. The Balaban J connectivity index is 1.32. The van der Waals surface area contributed by atoms with Crippen LogP contribution in [0.25, 0.3) is 0 Å². The third-order valence-electron chi connectivity index (χ3n) is 5.38. The van der Waals surface area contributed by atoms with Crippen LogP contribution in [0.15, 0.2) is 60.8 Å². The van der Waals surface area contributed by atoms with Gasteiger partial charge in [-0.05, 0) is 43.2 Å². The zero-order valence-electron chi connectivity index (χ0n) is 16.4. The van der Waals surface area contributed by atoms with Gasteiger partial charge in [0.2, 0.25) is 5.95 Å². The highest BCUT2D eigenvalue weighted by atomic mass is 15.3. The van der Waals surface area contributed by atoms with Crippen LogP contribution in [0, 0.1) is 12.8 Å². The van der Waals surface area contributed by atoms with Crippen molar-refractivity contribution in [3.8, 4) is 0 Å². The van der Waals surface area contributed by atoms with Crippen molar-refractivity contribution in [3.63, 3.8) is 0 Å². The first kappa shape index (κ1) is 18.4. The number of aryl methyl sites for hydroxylation is 1. The van der Waals surface area contributed by atoms with E-state index in [1.165, 1.54) is 36.0 Å². The fourth-order valence-corrected chi connectivity index (χ4v) is 3.84. The molecule has 1 aliphatic rings. The number of nitrogens with zero attached hydrogens (tertiary/aromatic N) is 4. The highest BCUT2D eigenvalue weighted by Gasteiger charge is 2.21. The van der Waals surface area contributed by atoms with Crippen LogP contribution in [0.3, 0.4) is 0 Å². The molecule has 2 aromatic carbocycles. The summed E-state index contributed by atoms with van der Waals surface area (Å²) < 4.78 is 0. The third kappa shape index (κ3) is 4.85. The minimum atomic E-state index is 0.588. The molecule has 1 aromatic heterocycles. The first-order valence-electron chi connectivity index (χ1n) is 10.0. The van der Waals surface area contributed by atoms with E-state index in [0.29, 0.717) is 12.5 Å². The highest BCUT2D eigenvalue weighted by Crippen LogP contribution is 2.24. The van der Waals surface area contributed by atoms with Gasteiger partial charge in [0.1, 0.15) is 0 Å². The summed E-state index contributed by atoms with van der Waals surface area (Å²) in [5.41, 5.74) is 3.91. The number of piperidine rings is 1. The van der Waals surface area contributed by atoms with Crippen LogP contribution in [-0.4, -0.2) is 28.3 Å². The zero-order valence-corrected chi connectivity index (χ0v) is 16.4. The van der Waals surface area contributed by atoms with Crippen molar-refractivity contribution in [3.05, 3.63) is 77.5 Å². The average Bonchev–Trinajstić information content (AvgIpc) is 2.74. The maximum Gasteiger partial charge on any atom is 0.244 e. The van der Waals surface area contributed by atoms with E-state index in [1.54, 1.807) is 6.20 Å². The van der Waals surface area contributed by atoms with Crippen LogP contribution in [0.1, 0.15) is 29.5 Å². The fraction of sp³-hybridized carbons (Fsp3) is 0.348. The van der Waals surface area contributed by atoms with Crippen LogP contribution >= 0.6 is 0 Å². The van der Waals surface area contributed by atoms with Crippen LogP contribution < -0.4 is 10.2 Å². The summed E-state index contributed by atoms with van der Waals surface area (Å²) in [5.74, 6) is 2.25. The summed E-state index contributed by atoms with van der Waals surface area (Å²) in [6.45, 7) is 4.84. The monoisotopic (exact) mass is 373 g/mol. The molecule has 28 heavy (non-hydrogen) atoms. The van der Waals surface area contributed by atoms with Gasteiger partial charge in [-0.1, -0.05) is 60.2 Å². The molecule has 0 spiro atoms. The molecule has 0 radical (unpaired) electrons. The molecule has 1 fully saturated rings. The molecule has 0 atom stereocenters. The molecule has 0 unspecified atom stereocenters. The lowest BCUT2D eigenvalue weighted by atomic mass is 9.90. The van der Waals surface area contributed by atoms with Gasteiger partial charge < -0.3 is 10.2 Å². The van der Waals surface area contributed by atoms with Gasteiger partial charge in [0.15, 0.2) is 5.82 Å². The summed E-state index contributed by atoms with van der Waals surface area (Å²) in [4.78, 5) is 7.01. The van der Waals surface area contributed by atoms with Crippen LogP contribution in [0.2, 0.25) is 0 Å². The predicted octanol–water partition coefficient (Wildman–Crippen LogP) is 4.25. The van der Waals surface area contributed by atoms with Crippen molar-refractivity contribution in [2.45, 2.75) is 32.7 Å². The number of anilines is 2. The Hall–Kier alpha value is -2.95. The lowest BCUT2D eigenvalue weighted by Gasteiger charge is -2.32. The third-order valence-corrected chi connectivity index (χ3v) is 5.38. The minimum absolute atomic E-state index is 0.588. The molecule has 3 aromatic rings. The van der Waals surface area contributed by atoms with Gasteiger partial charge >= 0.3 is 0 Å². The van der Waals surface area contributed by atoms with E-state index >= 15 is 0 Å². The summed E-state index contributed by atoms with van der Waals surface area (Å²) in [6, 6.07) is 19.2. The number of benzene rings is 2. The van der Waals surface area contributed by atoms with Gasteiger partial charge in [0, 0.05) is 19.6 Å². The highest BCUT2D eigenvalue weighted by molar-refractivity contribution is 5.41. The SMILES string of the molecule is Cc1cccc(CNc2nncc(N3CCC(Cc4ccccc4)CC3)n2)c1. The van der Waals surface area contributed by atoms with E-state index in [4.69, 9.17) is 0 Å². The van der Waals surface area contributed by atoms with E-state index in [1.807, 2.05) is 0 Å². The van der Waals surface area contributed by atoms with Crippen molar-refractivity contribution >= 4 is 11.8 Å². The number of hydrogen-bond donors (Lipinski definition) is 1. The Morgan fingerprint density at radius 3 is 2.57 bits per heavy atom. The Kier molecular flexibility index (Phi) is 5.80. The quantitative estimate of drug-likeness (QED) is 0.700. The van der Waals surface area contributed by atoms with E-state index in [-0.39, 0.29) is 0 Å². The van der Waals surface area contributed by atoms with Crippen molar-refractivity contribution in [1.82, 2.24) is 15.2 Å². The topological polar surface area (TPSA) is 53.9 Å². The molecule has 0 amide bonds. The van der Waals surface area contributed by atoms with Crippen molar-refractivity contribution < 1.29 is 0 Å². The van der Waals surface area contributed by atoms with Crippen LogP contribution in [-0.2, 0) is 13.0 Å². The first-order chi connectivity index (χ1) is 13.8. The molecule has 0 aliphatic carbocycles. The largest absolute Gasteiger partial charge is 0.355 e. The second kappa shape index (κ2) is 8.83. The zero-order chi connectivity index (χ0) is 19.2. The molecule has 1 N–H and O–H groups in total. The smallest absolute Gasteiger partial charge is 0.244 e. The van der Waals surface area contributed by atoms with Crippen molar-refractivity contribution in [2.75, 3.05) is 23.3 Å². The number of hydrogen-bond acceptors (Lipinski definition) is 5. The summed E-state index contributed by atoms with van der Waals surface area (Å²) >= 11 is 0. The van der Waals surface area contributed by atoms with Gasteiger partial charge in [0.05, 0.1) is 6.20 Å². The van der Waals surface area contributed by atoms with Gasteiger partial charge in [0.25, 0.3) is 0 Å². The second-order valence-electron chi connectivity index (χ2n) is 7.60. The average molecular weight is 374 g/mol. The summed E-state index contributed by atoms with van der Waals surface area (Å²) in [5, 5.41) is 11.6. The van der Waals surface area contributed by atoms with Crippen molar-refractivity contribution in [1.29, 1.82) is 0 Å². The van der Waals surface area contributed by atoms with Gasteiger partial charge in [-0.3, -0.25) is 0 Å². The molecule has 0 bridgehead atoms. The molecule has 2 heterocycles.